The molecule has 0 heterocycles. The Labute approximate surface area is 178 Å². The van der Waals surface area contributed by atoms with Crippen molar-refractivity contribution in [3.05, 3.63) is 34.6 Å². The molecule has 0 aliphatic heterocycles. The van der Waals surface area contributed by atoms with E-state index in [1.165, 1.54) is 12.1 Å². The summed E-state index contributed by atoms with van der Waals surface area (Å²) < 4.78 is 18.1. The lowest BCUT2D eigenvalue weighted by Crippen LogP contribution is -2.39. The molecule has 26 heavy (non-hydrogen) atoms. The molecule has 0 saturated carbocycles. The summed E-state index contributed by atoms with van der Waals surface area (Å²) >= 11 is 6.05. The number of nitrogens with zero attached hydrogens (tertiary/aromatic N) is 2. The molecule has 1 aromatic rings. The number of hydrogen-bond donors (Lipinski definition) is 2. The van der Waals surface area contributed by atoms with E-state index in [0.717, 1.165) is 50.7 Å². The molecular weight excluding hydrogens is 470 g/mol. The summed E-state index contributed by atoms with van der Waals surface area (Å²) in [5, 5.41) is 6.97. The first-order valence-corrected chi connectivity index (χ1v) is 9.08. The number of hydrogen-bond acceptors (Lipinski definition) is 3. The zero-order chi connectivity index (χ0) is 18.5. The third-order valence-corrected chi connectivity index (χ3v) is 4.04. The van der Waals surface area contributed by atoms with Gasteiger partial charge in [0, 0.05) is 44.9 Å². The van der Waals surface area contributed by atoms with Crippen molar-refractivity contribution in [3.8, 4) is 0 Å². The fourth-order valence-corrected chi connectivity index (χ4v) is 2.57. The lowest BCUT2D eigenvalue weighted by atomic mass is 10.1. The van der Waals surface area contributed by atoms with Crippen LogP contribution >= 0.6 is 35.6 Å². The third kappa shape index (κ3) is 11.2. The first-order valence-electron chi connectivity index (χ1n) is 8.70. The van der Waals surface area contributed by atoms with Gasteiger partial charge in [-0.3, -0.25) is 4.99 Å². The first-order chi connectivity index (χ1) is 12.1. The van der Waals surface area contributed by atoms with Crippen LogP contribution in [0.2, 0.25) is 5.02 Å². The molecule has 0 aliphatic carbocycles. The van der Waals surface area contributed by atoms with Crippen LogP contribution in [0, 0.1) is 5.82 Å². The van der Waals surface area contributed by atoms with Crippen molar-refractivity contribution < 1.29 is 9.13 Å². The van der Waals surface area contributed by atoms with Crippen LogP contribution in [0.5, 0.6) is 0 Å². The summed E-state index contributed by atoms with van der Waals surface area (Å²) in [6.45, 7) is 6.90. The van der Waals surface area contributed by atoms with Crippen LogP contribution < -0.4 is 10.6 Å². The molecule has 0 bridgehead atoms. The van der Waals surface area contributed by atoms with E-state index in [-0.39, 0.29) is 29.8 Å². The monoisotopic (exact) mass is 500 g/mol. The number of aliphatic imine (C=N–C) groups is 1. The van der Waals surface area contributed by atoms with Crippen LogP contribution in [-0.2, 0) is 11.2 Å². The van der Waals surface area contributed by atoms with Crippen LogP contribution in [-0.4, -0.2) is 64.3 Å². The van der Waals surface area contributed by atoms with Crippen LogP contribution in [0.15, 0.2) is 23.2 Å². The Kier molecular flexibility index (Phi) is 15.0. The van der Waals surface area contributed by atoms with Gasteiger partial charge in [0.25, 0.3) is 0 Å². The molecule has 0 amide bonds. The molecule has 0 spiro atoms. The molecule has 2 N–H and O–H groups in total. The number of ether oxygens (including phenoxy) is 1. The highest BCUT2D eigenvalue weighted by molar-refractivity contribution is 14.0. The summed E-state index contributed by atoms with van der Waals surface area (Å²) in [5.74, 6) is 0.470. The first kappa shape index (κ1) is 25.4. The van der Waals surface area contributed by atoms with Crippen LogP contribution in [0.25, 0.3) is 0 Å². The lowest BCUT2D eigenvalue weighted by Gasteiger charge is -2.16. The average molecular weight is 501 g/mol. The second-order valence-electron chi connectivity index (χ2n) is 5.82. The third-order valence-electron chi connectivity index (χ3n) is 3.69. The van der Waals surface area contributed by atoms with E-state index in [2.05, 4.69) is 27.6 Å². The Hall–Kier alpha value is -0.640. The van der Waals surface area contributed by atoms with Gasteiger partial charge in [-0.2, -0.15) is 0 Å². The molecule has 0 radical (unpaired) electrons. The standard InChI is InChI=1S/C18H30ClFN4O.HI/c1-4-21-18(23-10-12-24(2)11-5-13-25-3)22-9-8-15-6-7-16(20)14-17(15)19;/h6-7,14H,4-5,8-13H2,1-3H3,(H2,21,22,23);1H. The van der Waals surface area contributed by atoms with Gasteiger partial charge in [0.05, 0.1) is 6.54 Å². The van der Waals surface area contributed by atoms with E-state index >= 15 is 0 Å². The average Bonchev–Trinajstić information content (AvgIpc) is 2.57. The maximum absolute atomic E-state index is 13.1. The molecular formula is C18H31ClFIN4O. The zero-order valence-electron chi connectivity index (χ0n) is 15.9. The smallest absolute Gasteiger partial charge is 0.191 e. The fourth-order valence-electron chi connectivity index (χ4n) is 2.30. The van der Waals surface area contributed by atoms with Crippen molar-refractivity contribution in [3.63, 3.8) is 0 Å². The van der Waals surface area contributed by atoms with E-state index in [1.807, 2.05) is 6.92 Å². The Morgan fingerprint density at radius 3 is 2.73 bits per heavy atom. The highest BCUT2D eigenvalue weighted by atomic mass is 127. The molecule has 1 rings (SSSR count). The van der Waals surface area contributed by atoms with Gasteiger partial charge in [-0.15, -0.1) is 24.0 Å². The minimum atomic E-state index is -0.314. The Morgan fingerprint density at radius 2 is 2.08 bits per heavy atom. The minimum Gasteiger partial charge on any atom is -0.385 e. The van der Waals surface area contributed by atoms with E-state index in [9.17, 15) is 4.39 Å². The van der Waals surface area contributed by atoms with E-state index in [1.54, 1.807) is 13.2 Å². The van der Waals surface area contributed by atoms with Crippen molar-refractivity contribution in [2.45, 2.75) is 19.8 Å². The fraction of sp³-hybridized carbons (Fsp3) is 0.611. The van der Waals surface area contributed by atoms with Crippen molar-refractivity contribution in [1.29, 1.82) is 0 Å². The van der Waals surface area contributed by atoms with Crippen LogP contribution in [0.3, 0.4) is 0 Å². The highest BCUT2D eigenvalue weighted by Gasteiger charge is 2.03. The summed E-state index contributed by atoms with van der Waals surface area (Å²) in [6, 6.07) is 4.49. The molecule has 0 fully saturated rings. The maximum atomic E-state index is 13.1. The normalized spacial score (nSPS) is 11.4. The largest absolute Gasteiger partial charge is 0.385 e. The van der Waals surface area contributed by atoms with Gasteiger partial charge < -0.3 is 20.3 Å². The number of likely N-dealkylation sites (N-methyl/N-ethyl adjacent to an activating group) is 1. The van der Waals surface area contributed by atoms with E-state index < -0.39 is 0 Å². The predicted molar refractivity (Wildman–Crippen MR) is 119 cm³/mol. The minimum absolute atomic E-state index is 0. The predicted octanol–water partition coefficient (Wildman–Crippen LogP) is 3.16. The zero-order valence-corrected chi connectivity index (χ0v) is 18.9. The van der Waals surface area contributed by atoms with Gasteiger partial charge in [-0.1, -0.05) is 17.7 Å². The van der Waals surface area contributed by atoms with Crippen molar-refractivity contribution in [2.75, 3.05) is 53.5 Å². The number of nitrogens with one attached hydrogen (secondary N) is 2. The Balaban J connectivity index is 0.00000625. The summed E-state index contributed by atoms with van der Waals surface area (Å²) in [4.78, 5) is 6.82. The molecule has 0 unspecified atom stereocenters. The van der Waals surface area contributed by atoms with Gasteiger partial charge in [0.15, 0.2) is 5.96 Å². The molecule has 0 aliphatic rings. The Morgan fingerprint density at radius 1 is 1.31 bits per heavy atom. The van der Waals surface area contributed by atoms with Gasteiger partial charge in [-0.05, 0) is 44.5 Å². The maximum Gasteiger partial charge on any atom is 0.191 e. The van der Waals surface area contributed by atoms with Gasteiger partial charge >= 0.3 is 0 Å². The molecule has 1 aromatic carbocycles. The second kappa shape index (κ2) is 15.4. The van der Waals surface area contributed by atoms with E-state index in [0.29, 0.717) is 18.0 Å². The van der Waals surface area contributed by atoms with E-state index in [4.69, 9.17) is 16.3 Å². The number of guanidine groups is 1. The molecule has 0 saturated heterocycles. The van der Waals surface area contributed by atoms with Gasteiger partial charge in [0.1, 0.15) is 5.82 Å². The molecule has 5 nitrogen and oxygen atoms in total. The van der Waals surface area contributed by atoms with Crippen LogP contribution in [0.4, 0.5) is 4.39 Å². The number of methoxy groups -OCH3 is 1. The van der Waals surface area contributed by atoms with Gasteiger partial charge in [-0.25, -0.2) is 4.39 Å². The molecule has 0 aromatic heterocycles. The van der Waals surface area contributed by atoms with Crippen molar-refractivity contribution in [1.82, 2.24) is 15.5 Å². The summed E-state index contributed by atoms with van der Waals surface area (Å²) in [7, 11) is 3.81. The van der Waals surface area contributed by atoms with Crippen molar-refractivity contribution >= 4 is 41.5 Å². The van der Waals surface area contributed by atoms with Crippen LogP contribution in [0.1, 0.15) is 18.9 Å². The number of halogens is 3. The molecule has 150 valence electrons. The summed E-state index contributed by atoms with van der Waals surface area (Å²) in [6.07, 6.45) is 1.73. The number of benzene rings is 1. The lowest BCUT2D eigenvalue weighted by molar-refractivity contribution is 0.180. The van der Waals surface area contributed by atoms with Crippen molar-refractivity contribution in [2.24, 2.45) is 4.99 Å². The molecule has 8 heteroatoms. The topological polar surface area (TPSA) is 48.9 Å². The molecule has 0 atom stereocenters. The SMILES string of the molecule is CCNC(=NCCN(C)CCCOC)NCCc1ccc(F)cc1Cl.I. The summed E-state index contributed by atoms with van der Waals surface area (Å²) in [5.41, 5.74) is 0.921. The number of rotatable bonds is 11. The Bertz CT molecular complexity index is 534. The van der Waals surface area contributed by atoms with Gasteiger partial charge in [0.2, 0.25) is 0 Å². The second-order valence-corrected chi connectivity index (χ2v) is 6.23. The highest BCUT2D eigenvalue weighted by Crippen LogP contribution is 2.17. The quantitative estimate of drug-likeness (QED) is 0.212.